The van der Waals surface area contributed by atoms with E-state index in [1.807, 2.05) is 41.2 Å². The van der Waals surface area contributed by atoms with Gasteiger partial charge in [-0.25, -0.2) is 4.68 Å². The van der Waals surface area contributed by atoms with Crippen LogP contribution in [0.25, 0.3) is 11.5 Å². The number of aryl methyl sites for hydroxylation is 2. The zero-order valence-corrected chi connectivity index (χ0v) is 11.9. The van der Waals surface area contributed by atoms with Gasteiger partial charge < -0.3 is 9.30 Å². The summed E-state index contributed by atoms with van der Waals surface area (Å²) in [6.07, 6.45) is 1.97. The maximum Gasteiger partial charge on any atom is 0.159 e. The SMILES string of the molecule is COc1ccc(-n2ccc(-n3c(C)ccc3C)n2)cc1. The van der Waals surface area contributed by atoms with Crippen molar-refractivity contribution in [1.82, 2.24) is 14.3 Å². The van der Waals surface area contributed by atoms with Crippen LogP contribution >= 0.6 is 0 Å². The molecule has 0 fully saturated rings. The van der Waals surface area contributed by atoms with E-state index in [9.17, 15) is 0 Å². The fourth-order valence-electron chi connectivity index (χ4n) is 2.34. The number of methoxy groups -OCH3 is 1. The molecule has 0 radical (unpaired) electrons. The Hall–Kier alpha value is -2.49. The first-order chi connectivity index (χ1) is 9.69. The summed E-state index contributed by atoms with van der Waals surface area (Å²) in [6, 6.07) is 14.1. The standard InChI is InChI=1S/C16H17N3O/c1-12-4-5-13(2)19(12)16-10-11-18(17-16)14-6-8-15(20-3)9-7-14/h4-11H,1-3H3. The summed E-state index contributed by atoms with van der Waals surface area (Å²) in [7, 11) is 1.67. The summed E-state index contributed by atoms with van der Waals surface area (Å²) < 4.78 is 9.17. The summed E-state index contributed by atoms with van der Waals surface area (Å²) >= 11 is 0. The normalized spacial score (nSPS) is 10.8. The van der Waals surface area contributed by atoms with Crippen molar-refractivity contribution < 1.29 is 4.74 Å². The molecule has 0 bridgehead atoms. The van der Waals surface area contributed by atoms with E-state index >= 15 is 0 Å². The van der Waals surface area contributed by atoms with Gasteiger partial charge in [-0.1, -0.05) is 0 Å². The van der Waals surface area contributed by atoms with E-state index < -0.39 is 0 Å². The van der Waals surface area contributed by atoms with E-state index in [1.54, 1.807) is 7.11 Å². The monoisotopic (exact) mass is 267 g/mol. The van der Waals surface area contributed by atoms with Crippen LogP contribution in [0.1, 0.15) is 11.4 Å². The van der Waals surface area contributed by atoms with Crippen LogP contribution in [0.4, 0.5) is 0 Å². The van der Waals surface area contributed by atoms with Crippen LogP contribution in [0.15, 0.2) is 48.7 Å². The smallest absolute Gasteiger partial charge is 0.159 e. The van der Waals surface area contributed by atoms with Crippen molar-refractivity contribution in [2.45, 2.75) is 13.8 Å². The second-order valence-electron chi connectivity index (χ2n) is 4.77. The summed E-state index contributed by atoms with van der Waals surface area (Å²) in [5, 5.41) is 4.64. The predicted octanol–water partition coefficient (Wildman–Crippen LogP) is 3.29. The Kier molecular flexibility index (Phi) is 3.06. The molecule has 0 aliphatic heterocycles. The molecule has 1 aromatic carbocycles. The molecule has 0 atom stereocenters. The van der Waals surface area contributed by atoms with E-state index in [2.05, 4.69) is 35.6 Å². The van der Waals surface area contributed by atoms with Crippen LogP contribution in [0.5, 0.6) is 5.75 Å². The molecule has 3 aromatic rings. The minimum absolute atomic E-state index is 0.846. The molecule has 3 rings (SSSR count). The zero-order chi connectivity index (χ0) is 14.1. The largest absolute Gasteiger partial charge is 0.497 e. The Balaban J connectivity index is 1.97. The number of rotatable bonds is 3. The molecule has 20 heavy (non-hydrogen) atoms. The number of hydrogen-bond donors (Lipinski definition) is 0. The molecular formula is C16H17N3O. The average molecular weight is 267 g/mol. The van der Waals surface area contributed by atoms with Crippen LogP contribution < -0.4 is 4.74 Å². The molecule has 0 saturated carbocycles. The topological polar surface area (TPSA) is 32.0 Å². The molecule has 2 heterocycles. The number of nitrogens with zero attached hydrogens (tertiary/aromatic N) is 3. The Morgan fingerprint density at radius 2 is 1.55 bits per heavy atom. The molecule has 2 aromatic heterocycles. The summed E-state index contributed by atoms with van der Waals surface area (Å²) in [4.78, 5) is 0. The summed E-state index contributed by atoms with van der Waals surface area (Å²) in [5.74, 6) is 1.78. The van der Waals surface area contributed by atoms with E-state index in [1.165, 1.54) is 11.4 Å². The lowest BCUT2D eigenvalue weighted by molar-refractivity contribution is 0.414. The zero-order valence-electron chi connectivity index (χ0n) is 11.9. The fraction of sp³-hybridized carbons (Fsp3) is 0.188. The highest BCUT2D eigenvalue weighted by Crippen LogP contribution is 2.18. The lowest BCUT2D eigenvalue weighted by atomic mass is 10.3. The molecule has 0 unspecified atom stereocenters. The molecule has 0 N–H and O–H groups in total. The van der Waals surface area contributed by atoms with Gasteiger partial charge >= 0.3 is 0 Å². The quantitative estimate of drug-likeness (QED) is 0.729. The van der Waals surface area contributed by atoms with Gasteiger partial charge in [-0.2, -0.15) is 0 Å². The Morgan fingerprint density at radius 3 is 2.15 bits per heavy atom. The first kappa shape index (κ1) is 12.5. The molecule has 4 heteroatoms. The fourth-order valence-corrected chi connectivity index (χ4v) is 2.34. The van der Waals surface area contributed by atoms with Crippen LogP contribution in [0.2, 0.25) is 0 Å². The number of benzene rings is 1. The van der Waals surface area contributed by atoms with Crippen molar-refractivity contribution in [3.8, 4) is 17.3 Å². The molecule has 0 aliphatic carbocycles. The lowest BCUT2D eigenvalue weighted by Gasteiger charge is -2.06. The molecule has 0 aliphatic rings. The van der Waals surface area contributed by atoms with E-state index in [0.29, 0.717) is 0 Å². The van der Waals surface area contributed by atoms with Gasteiger partial charge in [0.05, 0.1) is 12.8 Å². The van der Waals surface area contributed by atoms with Crippen molar-refractivity contribution in [3.63, 3.8) is 0 Å². The first-order valence-electron chi connectivity index (χ1n) is 6.54. The second kappa shape index (κ2) is 4.89. The van der Waals surface area contributed by atoms with Crippen molar-refractivity contribution in [2.24, 2.45) is 0 Å². The van der Waals surface area contributed by atoms with Crippen molar-refractivity contribution >= 4 is 0 Å². The number of ether oxygens (including phenoxy) is 1. The minimum atomic E-state index is 0.846. The highest BCUT2D eigenvalue weighted by atomic mass is 16.5. The maximum atomic E-state index is 5.17. The van der Waals surface area contributed by atoms with Crippen LogP contribution in [0.3, 0.4) is 0 Å². The van der Waals surface area contributed by atoms with Gasteiger partial charge in [0.25, 0.3) is 0 Å². The van der Waals surface area contributed by atoms with Crippen molar-refractivity contribution in [3.05, 3.63) is 60.0 Å². The second-order valence-corrected chi connectivity index (χ2v) is 4.77. The number of hydrogen-bond acceptors (Lipinski definition) is 2. The molecule has 0 spiro atoms. The third-order valence-electron chi connectivity index (χ3n) is 3.41. The van der Waals surface area contributed by atoms with Crippen LogP contribution in [-0.4, -0.2) is 21.5 Å². The van der Waals surface area contributed by atoms with Gasteiger partial charge in [0.2, 0.25) is 0 Å². The van der Waals surface area contributed by atoms with E-state index in [-0.39, 0.29) is 0 Å². The van der Waals surface area contributed by atoms with Gasteiger partial charge in [0.15, 0.2) is 5.82 Å². The first-order valence-corrected chi connectivity index (χ1v) is 6.54. The highest BCUT2D eigenvalue weighted by Gasteiger charge is 2.07. The highest BCUT2D eigenvalue weighted by molar-refractivity contribution is 5.39. The maximum absolute atomic E-state index is 5.17. The third kappa shape index (κ3) is 2.09. The molecule has 102 valence electrons. The molecule has 0 amide bonds. The Bertz CT molecular complexity index is 703. The van der Waals surface area contributed by atoms with Crippen molar-refractivity contribution in [2.75, 3.05) is 7.11 Å². The van der Waals surface area contributed by atoms with E-state index in [0.717, 1.165) is 17.3 Å². The van der Waals surface area contributed by atoms with E-state index in [4.69, 9.17) is 4.74 Å². The molecule has 4 nitrogen and oxygen atoms in total. The van der Waals surface area contributed by atoms with Crippen molar-refractivity contribution in [1.29, 1.82) is 0 Å². The third-order valence-corrected chi connectivity index (χ3v) is 3.41. The van der Waals surface area contributed by atoms with Gasteiger partial charge in [-0.15, -0.1) is 5.10 Å². The Labute approximate surface area is 118 Å². The van der Waals surface area contributed by atoms with Gasteiger partial charge in [-0.3, -0.25) is 0 Å². The van der Waals surface area contributed by atoms with Gasteiger partial charge in [0.1, 0.15) is 5.75 Å². The summed E-state index contributed by atoms with van der Waals surface area (Å²) in [6.45, 7) is 4.17. The predicted molar refractivity (Wildman–Crippen MR) is 78.9 cm³/mol. The molecular weight excluding hydrogens is 250 g/mol. The summed E-state index contributed by atoms with van der Waals surface area (Å²) in [5.41, 5.74) is 3.38. The lowest BCUT2D eigenvalue weighted by Crippen LogP contribution is -2.02. The Morgan fingerprint density at radius 1 is 0.900 bits per heavy atom. The average Bonchev–Trinajstić information content (AvgIpc) is 3.06. The minimum Gasteiger partial charge on any atom is -0.497 e. The van der Waals surface area contributed by atoms with Crippen LogP contribution in [0, 0.1) is 13.8 Å². The van der Waals surface area contributed by atoms with Gasteiger partial charge in [0, 0.05) is 23.7 Å². The number of aromatic nitrogens is 3. The molecule has 0 saturated heterocycles. The van der Waals surface area contributed by atoms with Gasteiger partial charge in [-0.05, 0) is 50.2 Å². The van der Waals surface area contributed by atoms with Crippen LogP contribution in [-0.2, 0) is 0 Å².